The molecule has 1 aromatic heterocycles. The second kappa shape index (κ2) is 6.49. The van der Waals surface area contributed by atoms with E-state index < -0.39 is 0 Å². The molecule has 1 aromatic rings. The summed E-state index contributed by atoms with van der Waals surface area (Å²) >= 11 is 1.57. The fraction of sp³-hybridized carbons (Fsp3) is 0.706. The third-order valence-electron chi connectivity index (χ3n) is 5.11. The van der Waals surface area contributed by atoms with Crippen molar-refractivity contribution in [2.45, 2.75) is 69.9 Å². The van der Waals surface area contributed by atoms with Gasteiger partial charge in [-0.15, -0.1) is 11.3 Å². The Labute approximate surface area is 131 Å². The number of hydrogen-bond acceptors (Lipinski definition) is 3. The molecule has 2 heterocycles. The number of hydrogen-bond donors (Lipinski definition) is 2. The van der Waals surface area contributed by atoms with Crippen molar-refractivity contribution in [2.24, 2.45) is 0 Å². The first-order valence-corrected chi connectivity index (χ1v) is 9.23. The fourth-order valence-electron chi connectivity index (χ4n) is 3.95. The highest BCUT2D eigenvalue weighted by atomic mass is 32.1. The van der Waals surface area contributed by atoms with E-state index in [1.54, 1.807) is 11.3 Å². The molecule has 1 spiro atoms. The average Bonchev–Trinajstić information content (AvgIpc) is 2.96. The number of amides is 1. The lowest BCUT2D eigenvalue weighted by atomic mass is 9.75. The van der Waals surface area contributed by atoms with Crippen molar-refractivity contribution in [1.82, 2.24) is 10.6 Å². The molecule has 1 saturated carbocycles. The molecule has 2 fully saturated rings. The largest absolute Gasteiger partial charge is 0.348 e. The molecule has 0 radical (unpaired) electrons. The third-order valence-corrected chi connectivity index (χ3v) is 6.07. The molecule has 4 heteroatoms. The number of piperidine rings is 1. The number of carbonyl (C=O) groups excluding carboxylic acids is 1. The van der Waals surface area contributed by atoms with Gasteiger partial charge in [0.25, 0.3) is 5.91 Å². The van der Waals surface area contributed by atoms with Gasteiger partial charge in [-0.05, 0) is 55.7 Å². The summed E-state index contributed by atoms with van der Waals surface area (Å²) in [5, 5.41) is 9.07. The van der Waals surface area contributed by atoms with Gasteiger partial charge in [0.15, 0.2) is 0 Å². The van der Waals surface area contributed by atoms with Crippen LogP contribution in [0.25, 0.3) is 0 Å². The van der Waals surface area contributed by atoms with Crippen LogP contribution >= 0.6 is 11.3 Å². The first-order chi connectivity index (χ1) is 10.2. The van der Waals surface area contributed by atoms with Crippen LogP contribution in [0.2, 0.25) is 0 Å². The van der Waals surface area contributed by atoms with Crippen molar-refractivity contribution in [2.75, 3.05) is 6.54 Å². The number of aryl methyl sites for hydroxylation is 1. The summed E-state index contributed by atoms with van der Waals surface area (Å²) in [6, 6.07) is 2.41. The van der Waals surface area contributed by atoms with Crippen LogP contribution in [0.5, 0.6) is 0 Å². The Morgan fingerprint density at radius 1 is 1.43 bits per heavy atom. The van der Waals surface area contributed by atoms with Crippen molar-refractivity contribution < 1.29 is 4.79 Å². The zero-order valence-electron chi connectivity index (χ0n) is 12.9. The van der Waals surface area contributed by atoms with E-state index in [0.717, 1.165) is 30.7 Å². The smallest absolute Gasteiger partial charge is 0.261 e. The standard InChI is InChI=1S/C17H26N2OS/c1-2-13-7-11-21-15(13)16(20)19-14-6-10-18-17(12-14)8-4-3-5-9-17/h7,11,14,18H,2-6,8-10,12H2,1H3,(H,19,20). The molecule has 21 heavy (non-hydrogen) atoms. The van der Waals surface area contributed by atoms with Gasteiger partial charge in [-0.25, -0.2) is 0 Å². The van der Waals surface area contributed by atoms with Crippen LogP contribution in [0, 0.1) is 0 Å². The fourth-order valence-corrected chi connectivity index (χ4v) is 4.85. The van der Waals surface area contributed by atoms with E-state index in [1.165, 1.54) is 37.7 Å². The van der Waals surface area contributed by atoms with Gasteiger partial charge in [0.1, 0.15) is 0 Å². The Bertz CT molecular complexity index is 485. The molecule has 0 aromatic carbocycles. The Morgan fingerprint density at radius 2 is 2.24 bits per heavy atom. The van der Waals surface area contributed by atoms with E-state index >= 15 is 0 Å². The van der Waals surface area contributed by atoms with Crippen LogP contribution in [0.1, 0.15) is 67.1 Å². The summed E-state index contributed by atoms with van der Waals surface area (Å²) in [7, 11) is 0. The highest BCUT2D eigenvalue weighted by Crippen LogP contribution is 2.34. The molecule has 1 aliphatic heterocycles. The van der Waals surface area contributed by atoms with Gasteiger partial charge < -0.3 is 10.6 Å². The van der Waals surface area contributed by atoms with Crippen molar-refractivity contribution in [3.05, 3.63) is 21.9 Å². The minimum Gasteiger partial charge on any atom is -0.348 e. The van der Waals surface area contributed by atoms with E-state index in [1.807, 2.05) is 5.38 Å². The van der Waals surface area contributed by atoms with Crippen molar-refractivity contribution in [1.29, 1.82) is 0 Å². The molecule has 116 valence electrons. The van der Waals surface area contributed by atoms with Crippen LogP contribution in [-0.4, -0.2) is 24.0 Å². The number of thiophene rings is 1. The molecule has 1 amide bonds. The van der Waals surface area contributed by atoms with E-state index in [4.69, 9.17) is 0 Å². The Hall–Kier alpha value is -0.870. The van der Waals surface area contributed by atoms with E-state index in [9.17, 15) is 4.79 Å². The number of carbonyl (C=O) groups is 1. The zero-order chi connectivity index (χ0) is 14.7. The highest BCUT2D eigenvalue weighted by molar-refractivity contribution is 7.12. The molecular formula is C17H26N2OS. The monoisotopic (exact) mass is 306 g/mol. The zero-order valence-corrected chi connectivity index (χ0v) is 13.7. The first kappa shape index (κ1) is 15.0. The molecular weight excluding hydrogens is 280 g/mol. The summed E-state index contributed by atoms with van der Waals surface area (Å²) in [6.07, 6.45) is 9.68. The summed E-state index contributed by atoms with van der Waals surface area (Å²) in [6.45, 7) is 3.15. The third kappa shape index (κ3) is 3.32. The van der Waals surface area contributed by atoms with Crippen LogP contribution < -0.4 is 10.6 Å². The van der Waals surface area contributed by atoms with Gasteiger partial charge in [0, 0.05) is 11.6 Å². The van der Waals surface area contributed by atoms with Gasteiger partial charge in [0.05, 0.1) is 4.88 Å². The highest BCUT2D eigenvalue weighted by Gasteiger charge is 2.37. The van der Waals surface area contributed by atoms with Gasteiger partial charge in [-0.3, -0.25) is 4.79 Å². The first-order valence-electron chi connectivity index (χ1n) is 8.35. The van der Waals surface area contributed by atoms with Crippen LogP contribution in [-0.2, 0) is 6.42 Å². The van der Waals surface area contributed by atoms with Crippen molar-refractivity contribution in [3.63, 3.8) is 0 Å². The molecule has 2 aliphatic rings. The van der Waals surface area contributed by atoms with Crippen LogP contribution in [0.4, 0.5) is 0 Å². The minimum absolute atomic E-state index is 0.139. The van der Waals surface area contributed by atoms with Crippen LogP contribution in [0.3, 0.4) is 0 Å². The number of nitrogens with one attached hydrogen (secondary N) is 2. The van der Waals surface area contributed by atoms with Gasteiger partial charge in [-0.1, -0.05) is 26.2 Å². The normalized spacial score (nSPS) is 24.9. The lowest BCUT2D eigenvalue weighted by Crippen LogP contribution is -2.57. The predicted molar refractivity (Wildman–Crippen MR) is 88.0 cm³/mol. The van der Waals surface area contributed by atoms with Gasteiger partial charge in [0.2, 0.25) is 0 Å². The molecule has 0 bridgehead atoms. The maximum Gasteiger partial charge on any atom is 0.261 e. The number of rotatable bonds is 3. The Kier molecular flexibility index (Phi) is 4.65. The second-order valence-electron chi connectivity index (χ2n) is 6.56. The molecule has 1 atom stereocenters. The molecule has 1 saturated heterocycles. The summed E-state index contributed by atoms with van der Waals surface area (Å²) in [5.74, 6) is 0.139. The lowest BCUT2D eigenvalue weighted by Gasteiger charge is -2.44. The maximum atomic E-state index is 12.5. The SMILES string of the molecule is CCc1ccsc1C(=O)NC1CCNC2(CCCCC2)C1. The molecule has 3 rings (SSSR count). The summed E-state index contributed by atoms with van der Waals surface area (Å²) in [5.41, 5.74) is 1.48. The summed E-state index contributed by atoms with van der Waals surface area (Å²) < 4.78 is 0. The lowest BCUT2D eigenvalue weighted by molar-refractivity contribution is 0.0896. The van der Waals surface area contributed by atoms with Gasteiger partial charge in [-0.2, -0.15) is 0 Å². The van der Waals surface area contributed by atoms with Gasteiger partial charge >= 0.3 is 0 Å². The topological polar surface area (TPSA) is 41.1 Å². The Balaban J connectivity index is 1.63. The van der Waals surface area contributed by atoms with Crippen LogP contribution in [0.15, 0.2) is 11.4 Å². The van der Waals surface area contributed by atoms with E-state index in [-0.39, 0.29) is 5.91 Å². The quantitative estimate of drug-likeness (QED) is 0.897. The predicted octanol–water partition coefficient (Wildman–Crippen LogP) is 3.50. The molecule has 3 nitrogen and oxygen atoms in total. The van der Waals surface area contributed by atoms with E-state index in [0.29, 0.717) is 11.6 Å². The summed E-state index contributed by atoms with van der Waals surface area (Å²) in [4.78, 5) is 13.4. The Morgan fingerprint density at radius 3 is 3.00 bits per heavy atom. The molecule has 1 unspecified atom stereocenters. The van der Waals surface area contributed by atoms with Crippen molar-refractivity contribution >= 4 is 17.2 Å². The molecule has 2 N–H and O–H groups in total. The maximum absolute atomic E-state index is 12.5. The minimum atomic E-state index is 0.139. The second-order valence-corrected chi connectivity index (χ2v) is 7.48. The van der Waals surface area contributed by atoms with E-state index in [2.05, 4.69) is 23.6 Å². The van der Waals surface area contributed by atoms with Crippen molar-refractivity contribution in [3.8, 4) is 0 Å². The molecule has 1 aliphatic carbocycles. The average molecular weight is 306 g/mol.